The first kappa shape index (κ1) is 22.1. The van der Waals surface area contributed by atoms with E-state index in [1.807, 2.05) is 48.9 Å². The molecule has 0 spiro atoms. The Morgan fingerprint density at radius 2 is 1.88 bits per heavy atom. The number of carbonyl (C=O) groups is 1. The Morgan fingerprint density at radius 3 is 2.56 bits per heavy atom. The lowest BCUT2D eigenvalue weighted by Crippen LogP contribution is -2.42. The second-order valence-corrected chi connectivity index (χ2v) is 8.78. The van der Waals surface area contributed by atoms with E-state index in [1.54, 1.807) is 6.20 Å². The average molecular weight is 436 g/mol. The van der Waals surface area contributed by atoms with Crippen LogP contribution in [0.1, 0.15) is 42.8 Å². The number of nitrogens with zero attached hydrogens (tertiary/aromatic N) is 5. The molecule has 1 aliphatic rings. The van der Waals surface area contributed by atoms with Gasteiger partial charge in [0.15, 0.2) is 0 Å². The Labute approximate surface area is 189 Å². The number of urea groups is 1. The molecule has 3 aromatic rings. The van der Waals surface area contributed by atoms with E-state index in [9.17, 15) is 4.79 Å². The lowest BCUT2D eigenvalue weighted by Gasteiger charge is -2.36. The third-order valence-corrected chi connectivity index (χ3v) is 6.31. The van der Waals surface area contributed by atoms with Gasteiger partial charge in [0.2, 0.25) is 0 Å². The maximum Gasteiger partial charge on any atom is 0.324 e. The van der Waals surface area contributed by atoms with E-state index < -0.39 is 0 Å². The SMILES string of the molecule is Cc1cc(C)n(CC(C)N2CCC(n3nccc3NC(=O)Nc3ccccc3C)CC2)n1. The predicted octanol–water partition coefficient (Wildman–Crippen LogP) is 4.37. The molecule has 0 bridgehead atoms. The number of piperidine rings is 1. The molecular formula is C24H33N7O. The molecule has 1 fully saturated rings. The molecule has 1 aromatic carbocycles. The van der Waals surface area contributed by atoms with Crippen molar-refractivity contribution in [1.82, 2.24) is 24.5 Å². The molecule has 3 heterocycles. The Morgan fingerprint density at radius 1 is 1.12 bits per heavy atom. The fraction of sp³-hybridized carbons (Fsp3) is 0.458. The number of nitrogens with one attached hydrogen (secondary N) is 2. The summed E-state index contributed by atoms with van der Waals surface area (Å²) in [4.78, 5) is 15.1. The van der Waals surface area contributed by atoms with E-state index in [4.69, 9.17) is 0 Å². The molecular weight excluding hydrogens is 402 g/mol. The molecule has 2 amide bonds. The van der Waals surface area contributed by atoms with Crippen LogP contribution in [0.5, 0.6) is 0 Å². The number of benzene rings is 1. The van der Waals surface area contributed by atoms with Gasteiger partial charge in [-0.2, -0.15) is 10.2 Å². The van der Waals surface area contributed by atoms with Crippen molar-refractivity contribution in [3.05, 3.63) is 59.5 Å². The second-order valence-electron chi connectivity index (χ2n) is 8.78. The van der Waals surface area contributed by atoms with Gasteiger partial charge in [0.1, 0.15) is 5.82 Å². The minimum atomic E-state index is -0.253. The summed E-state index contributed by atoms with van der Waals surface area (Å²) in [6, 6.07) is 12.2. The number of aryl methyl sites for hydroxylation is 3. The summed E-state index contributed by atoms with van der Waals surface area (Å²) >= 11 is 0. The van der Waals surface area contributed by atoms with E-state index >= 15 is 0 Å². The number of likely N-dealkylation sites (tertiary alicyclic amines) is 1. The Kier molecular flexibility index (Phi) is 6.60. The van der Waals surface area contributed by atoms with Crippen molar-refractivity contribution < 1.29 is 4.79 Å². The predicted molar refractivity (Wildman–Crippen MR) is 127 cm³/mol. The minimum absolute atomic E-state index is 0.253. The van der Waals surface area contributed by atoms with Gasteiger partial charge in [0.05, 0.1) is 24.5 Å². The van der Waals surface area contributed by atoms with Crippen LogP contribution in [-0.4, -0.2) is 49.6 Å². The summed E-state index contributed by atoms with van der Waals surface area (Å²) in [5.41, 5.74) is 4.11. The molecule has 1 unspecified atom stereocenters. The van der Waals surface area contributed by atoms with Crippen LogP contribution < -0.4 is 10.6 Å². The van der Waals surface area contributed by atoms with Crippen molar-refractivity contribution in [1.29, 1.82) is 0 Å². The molecule has 8 heteroatoms. The summed E-state index contributed by atoms with van der Waals surface area (Å²) in [6.45, 7) is 11.3. The number of aromatic nitrogens is 4. The number of hydrogen-bond acceptors (Lipinski definition) is 4. The van der Waals surface area contributed by atoms with Gasteiger partial charge >= 0.3 is 6.03 Å². The van der Waals surface area contributed by atoms with Crippen LogP contribution in [0.4, 0.5) is 16.3 Å². The third kappa shape index (κ3) is 5.02. The Bertz CT molecular complexity index is 1060. The van der Waals surface area contributed by atoms with E-state index in [1.165, 1.54) is 5.69 Å². The van der Waals surface area contributed by atoms with Gasteiger partial charge in [-0.25, -0.2) is 9.48 Å². The van der Waals surface area contributed by atoms with Gasteiger partial charge in [-0.05, 0) is 58.2 Å². The van der Waals surface area contributed by atoms with Crippen molar-refractivity contribution in [2.24, 2.45) is 0 Å². The largest absolute Gasteiger partial charge is 0.324 e. The van der Waals surface area contributed by atoms with Crippen LogP contribution in [0.15, 0.2) is 42.6 Å². The van der Waals surface area contributed by atoms with Crippen LogP contribution in [0, 0.1) is 20.8 Å². The molecule has 1 atom stereocenters. The molecule has 0 aliphatic carbocycles. The van der Waals surface area contributed by atoms with Crippen LogP contribution >= 0.6 is 0 Å². The first-order valence-electron chi connectivity index (χ1n) is 11.3. The highest BCUT2D eigenvalue weighted by atomic mass is 16.2. The minimum Gasteiger partial charge on any atom is -0.307 e. The first-order chi connectivity index (χ1) is 15.4. The first-order valence-corrected chi connectivity index (χ1v) is 11.3. The lowest BCUT2D eigenvalue weighted by atomic mass is 10.0. The quantitative estimate of drug-likeness (QED) is 0.602. The van der Waals surface area contributed by atoms with Gasteiger partial charge in [-0.3, -0.25) is 14.9 Å². The number of carbonyl (C=O) groups excluding carboxylic acids is 1. The van der Waals surface area contributed by atoms with Crippen LogP contribution in [0.3, 0.4) is 0 Å². The van der Waals surface area contributed by atoms with Gasteiger partial charge in [0, 0.05) is 36.6 Å². The number of para-hydroxylation sites is 1. The van der Waals surface area contributed by atoms with Gasteiger partial charge in [-0.15, -0.1) is 0 Å². The van der Waals surface area contributed by atoms with Crippen molar-refractivity contribution in [3.8, 4) is 0 Å². The summed E-state index contributed by atoms with van der Waals surface area (Å²) in [6.07, 6.45) is 3.75. The third-order valence-electron chi connectivity index (χ3n) is 6.31. The van der Waals surface area contributed by atoms with E-state index in [0.717, 1.165) is 55.2 Å². The molecule has 1 aliphatic heterocycles. The maximum atomic E-state index is 12.5. The molecule has 170 valence electrons. The Hall–Kier alpha value is -3.13. The van der Waals surface area contributed by atoms with Gasteiger partial charge in [0.25, 0.3) is 0 Å². The summed E-state index contributed by atoms with van der Waals surface area (Å²) in [7, 11) is 0. The standard InChI is InChI=1S/C24H33N7O/c1-17-7-5-6-8-22(17)26-24(32)27-23-9-12-25-31(23)21-10-13-29(14-11-21)20(4)16-30-19(3)15-18(2)28-30/h5-9,12,15,20-21H,10-11,13-14,16H2,1-4H3,(H2,26,27,32). The van der Waals surface area contributed by atoms with E-state index in [2.05, 4.69) is 50.3 Å². The Balaban J connectivity index is 1.32. The molecule has 32 heavy (non-hydrogen) atoms. The molecule has 2 aromatic heterocycles. The van der Waals surface area contributed by atoms with Crippen LogP contribution in [0.2, 0.25) is 0 Å². The van der Waals surface area contributed by atoms with Gasteiger partial charge in [-0.1, -0.05) is 18.2 Å². The van der Waals surface area contributed by atoms with Crippen molar-refractivity contribution >= 4 is 17.5 Å². The number of rotatable bonds is 6. The molecule has 8 nitrogen and oxygen atoms in total. The smallest absolute Gasteiger partial charge is 0.307 e. The highest BCUT2D eigenvalue weighted by molar-refractivity contribution is 5.99. The van der Waals surface area contributed by atoms with Crippen LogP contribution in [0.25, 0.3) is 0 Å². The number of hydrogen-bond donors (Lipinski definition) is 2. The lowest BCUT2D eigenvalue weighted by molar-refractivity contribution is 0.126. The van der Waals surface area contributed by atoms with Crippen molar-refractivity contribution in [2.75, 3.05) is 23.7 Å². The zero-order valence-corrected chi connectivity index (χ0v) is 19.4. The van der Waals surface area contributed by atoms with Crippen molar-refractivity contribution in [2.45, 2.75) is 59.2 Å². The zero-order chi connectivity index (χ0) is 22.7. The molecule has 1 saturated heterocycles. The highest BCUT2D eigenvalue weighted by Gasteiger charge is 2.26. The molecule has 0 radical (unpaired) electrons. The fourth-order valence-corrected chi connectivity index (χ4v) is 4.48. The molecule has 0 saturated carbocycles. The summed E-state index contributed by atoms with van der Waals surface area (Å²) < 4.78 is 4.06. The number of amides is 2. The van der Waals surface area contributed by atoms with Crippen LogP contribution in [-0.2, 0) is 6.54 Å². The molecule has 4 rings (SSSR count). The molecule has 2 N–H and O–H groups in total. The van der Waals surface area contributed by atoms with Crippen molar-refractivity contribution in [3.63, 3.8) is 0 Å². The second kappa shape index (κ2) is 9.56. The van der Waals surface area contributed by atoms with E-state index in [0.29, 0.717) is 6.04 Å². The normalized spacial score (nSPS) is 16.1. The summed E-state index contributed by atoms with van der Waals surface area (Å²) in [5, 5.41) is 15.0. The maximum absolute atomic E-state index is 12.5. The topological polar surface area (TPSA) is 80.0 Å². The average Bonchev–Trinajstić information content (AvgIpc) is 3.35. The monoisotopic (exact) mass is 435 g/mol. The fourth-order valence-electron chi connectivity index (χ4n) is 4.48. The highest BCUT2D eigenvalue weighted by Crippen LogP contribution is 2.27. The van der Waals surface area contributed by atoms with E-state index in [-0.39, 0.29) is 12.1 Å². The zero-order valence-electron chi connectivity index (χ0n) is 19.4. The number of anilines is 2. The van der Waals surface area contributed by atoms with Gasteiger partial charge < -0.3 is 5.32 Å². The summed E-state index contributed by atoms with van der Waals surface area (Å²) in [5.74, 6) is 0.727.